The lowest BCUT2D eigenvalue weighted by Gasteiger charge is -2.16. The van der Waals surface area contributed by atoms with Gasteiger partial charge in [-0.25, -0.2) is 0 Å². The van der Waals surface area contributed by atoms with E-state index in [1.807, 2.05) is 7.05 Å². The van der Waals surface area contributed by atoms with Crippen LogP contribution in [0, 0.1) is 0 Å². The maximum Gasteiger partial charge on any atom is 0.0384 e. The summed E-state index contributed by atoms with van der Waals surface area (Å²) < 4.78 is 0. The Morgan fingerprint density at radius 1 is 1.21 bits per heavy atom. The van der Waals surface area contributed by atoms with Gasteiger partial charge < -0.3 is 10.3 Å². The number of nitrogens with zero attached hydrogens (tertiary/aromatic N) is 1. The van der Waals surface area contributed by atoms with Crippen molar-refractivity contribution < 1.29 is 0 Å². The van der Waals surface area contributed by atoms with Gasteiger partial charge in [-0.1, -0.05) is 13.8 Å². The number of aromatic amines is 1. The topological polar surface area (TPSA) is 31.1 Å². The van der Waals surface area contributed by atoms with Crippen molar-refractivity contribution in [3.05, 3.63) is 23.5 Å². The SMILES string of the molecule is CCN(CC)Cc1ccc(CNC)[nH]1. The van der Waals surface area contributed by atoms with E-state index in [2.05, 4.69) is 41.2 Å². The molecule has 80 valence electrons. The largest absolute Gasteiger partial charge is 0.360 e. The molecular weight excluding hydrogens is 174 g/mol. The van der Waals surface area contributed by atoms with Gasteiger partial charge in [-0.3, -0.25) is 4.90 Å². The van der Waals surface area contributed by atoms with E-state index in [4.69, 9.17) is 0 Å². The van der Waals surface area contributed by atoms with E-state index in [1.165, 1.54) is 11.4 Å². The first kappa shape index (κ1) is 11.3. The minimum atomic E-state index is 0.915. The first-order chi connectivity index (χ1) is 6.80. The fourth-order valence-electron chi connectivity index (χ4n) is 1.56. The minimum absolute atomic E-state index is 0.915. The van der Waals surface area contributed by atoms with Gasteiger partial charge >= 0.3 is 0 Å². The van der Waals surface area contributed by atoms with Crippen LogP contribution in [0.3, 0.4) is 0 Å². The van der Waals surface area contributed by atoms with Crippen LogP contribution < -0.4 is 5.32 Å². The Balaban J connectivity index is 2.49. The number of H-pyrrole nitrogens is 1. The van der Waals surface area contributed by atoms with Crippen LogP contribution in [0.1, 0.15) is 25.2 Å². The summed E-state index contributed by atoms with van der Waals surface area (Å²) in [4.78, 5) is 5.81. The summed E-state index contributed by atoms with van der Waals surface area (Å²) in [6, 6.07) is 4.32. The molecule has 0 spiro atoms. The molecule has 0 aromatic carbocycles. The number of rotatable bonds is 6. The predicted octanol–water partition coefficient (Wildman–Crippen LogP) is 1.58. The van der Waals surface area contributed by atoms with E-state index < -0.39 is 0 Å². The van der Waals surface area contributed by atoms with Gasteiger partial charge in [-0.05, 0) is 32.3 Å². The fraction of sp³-hybridized carbons (Fsp3) is 0.636. The average molecular weight is 195 g/mol. The molecule has 1 heterocycles. The molecule has 0 saturated carbocycles. The highest BCUT2D eigenvalue weighted by atomic mass is 15.1. The summed E-state index contributed by atoms with van der Waals surface area (Å²) in [6.07, 6.45) is 0. The Bertz CT molecular complexity index is 251. The molecule has 1 aromatic rings. The molecule has 0 atom stereocenters. The minimum Gasteiger partial charge on any atom is -0.360 e. The van der Waals surface area contributed by atoms with Gasteiger partial charge in [0.2, 0.25) is 0 Å². The van der Waals surface area contributed by atoms with Crippen LogP contribution in [0.4, 0.5) is 0 Å². The van der Waals surface area contributed by atoms with Crippen molar-refractivity contribution in [3.8, 4) is 0 Å². The predicted molar refractivity (Wildman–Crippen MR) is 60.2 cm³/mol. The highest BCUT2D eigenvalue weighted by molar-refractivity contribution is 5.12. The van der Waals surface area contributed by atoms with E-state index >= 15 is 0 Å². The molecule has 14 heavy (non-hydrogen) atoms. The van der Waals surface area contributed by atoms with E-state index in [0.717, 1.165) is 26.2 Å². The summed E-state index contributed by atoms with van der Waals surface area (Å²) in [5.74, 6) is 0. The number of nitrogens with one attached hydrogen (secondary N) is 2. The Morgan fingerprint density at radius 3 is 2.43 bits per heavy atom. The van der Waals surface area contributed by atoms with Gasteiger partial charge in [0.05, 0.1) is 0 Å². The van der Waals surface area contributed by atoms with Crippen molar-refractivity contribution in [3.63, 3.8) is 0 Å². The normalized spacial score (nSPS) is 11.1. The zero-order chi connectivity index (χ0) is 10.4. The van der Waals surface area contributed by atoms with Crippen LogP contribution in [0.15, 0.2) is 12.1 Å². The molecule has 0 radical (unpaired) electrons. The smallest absolute Gasteiger partial charge is 0.0384 e. The molecule has 0 fully saturated rings. The van der Waals surface area contributed by atoms with Crippen molar-refractivity contribution in [1.82, 2.24) is 15.2 Å². The molecular formula is C11H21N3. The Kier molecular flexibility index (Phi) is 4.70. The molecule has 0 aliphatic heterocycles. The highest BCUT2D eigenvalue weighted by Gasteiger charge is 2.02. The lowest BCUT2D eigenvalue weighted by Crippen LogP contribution is -2.22. The third-order valence-corrected chi connectivity index (χ3v) is 2.46. The third kappa shape index (κ3) is 3.16. The molecule has 0 saturated heterocycles. The van der Waals surface area contributed by atoms with Gasteiger partial charge in [0, 0.05) is 24.5 Å². The monoisotopic (exact) mass is 195 g/mol. The molecule has 2 N–H and O–H groups in total. The molecule has 3 heteroatoms. The van der Waals surface area contributed by atoms with Gasteiger partial charge in [-0.2, -0.15) is 0 Å². The molecule has 0 unspecified atom stereocenters. The summed E-state index contributed by atoms with van der Waals surface area (Å²) >= 11 is 0. The second kappa shape index (κ2) is 5.83. The molecule has 0 aliphatic carbocycles. The quantitative estimate of drug-likeness (QED) is 0.722. The Hall–Kier alpha value is -0.800. The van der Waals surface area contributed by atoms with Crippen LogP contribution in [-0.4, -0.2) is 30.0 Å². The van der Waals surface area contributed by atoms with E-state index in [-0.39, 0.29) is 0 Å². The lowest BCUT2D eigenvalue weighted by molar-refractivity contribution is 0.292. The third-order valence-electron chi connectivity index (χ3n) is 2.46. The van der Waals surface area contributed by atoms with Crippen molar-refractivity contribution >= 4 is 0 Å². The van der Waals surface area contributed by atoms with E-state index in [1.54, 1.807) is 0 Å². The van der Waals surface area contributed by atoms with Crippen LogP contribution in [0.2, 0.25) is 0 Å². The second-order valence-corrected chi connectivity index (χ2v) is 3.50. The standard InChI is InChI=1S/C11H21N3/c1-4-14(5-2)9-11-7-6-10(13-11)8-12-3/h6-7,12-13H,4-5,8-9H2,1-3H3. The van der Waals surface area contributed by atoms with Crippen LogP contribution in [-0.2, 0) is 13.1 Å². The van der Waals surface area contributed by atoms with Crippen LogP contribution >= 0.6 is 0 Å². The van der Waals surface area contributed by atoms with E-state index in [9.17, 15) is 0 Å². The van der Waals surface area contributed by atoms with Crippen molar-refractivity contribution in [2.45, 2.75) is 26.9 Å². The highest BCUT2D eigenvalue weighted by Crippen LogP contribution is 2.05. The maximum atomic E-state index is 3.41. The first-order valence-electron chi connectivity index (χ1n) is 5.33. The van der Waals surface area contributed by atoms with Gasteiger partial charge in [0.15, 0.2) is 0 Å². The fourth-order valence-corrected chi connectivity index (χ4v) is 1.56. The molecule has 1 aromatic heterocycles. The summed E-state index contributed by atoms with van der Waals surface area (Å²) in [5.41, 5.74) is 2.56. The van der Waals surface area contributed by atoms with Gasteiger partial charge in [0.1, 0.15) is 0 Å². The zero-order valence-electron chi connectivity index (χ0n) is 9.43. The molecule has 0 bridgehead atoms. The average Bonchev–Trinajstić information content (AvgIpc) is 2.63. The number of hydrogen-bond acceptors (Lipinski definition) is 2. The van der Waals surface area contributed by atoms with Crippen molar-refractivity contribution in [2.75, 3.05) is 20.1 Å². The molecule has 0 aliphatic rings. The van der Waals surface area contributed by atoms with Crippen molar-refractivity contribution in [2.24, 2.45) is 0 Å². The Labute approximate surface area is 86.5 Å². The van der Waals surface area contributed by atoms with Crippen LogP contribution in [0.5, 0.6) is 0 Å². The first-order valence-corrected chi connectivity index (χ1v) is 5.33. The number of aromatic nitrogens is 1. The summed E-state index contributed by atoms with van der Waals surface area (Å²) in [5, 5.41) is 3.13. The van der Waals surface area contributed by atoms with Gasteiger partial charge in [-0.15, -0.1) is 0 Å². The molecule has 1 rings (SSSR count). The zero-order valence-corrected chi connectivity index (χ0v) is 9.43. The van der Waals surface area contributed by atoms with Gasteiger partial charge in [0.25, 0.3) is 0 Å². The summed E-state index contributed by atoms with van der Waals surface area (Å²) in [7, 11) is 1.96. The van der Waals surface area contributed by atoms with Crippen molar-refractivity contribution in [1.29, 1.82) is 0 Å². The lowest BCUT2D eigenvalue weighted by atomic mass is 10.4. The maximum absolute atomic E-state index is 3.41. The number of hydrogen-bond donors (Lipinski definition) is 2. The molecule has 0 amide bonds. The second-order valence-electron chi connectivity index (χ2n) is 3.50. The summed E-state index contributed by atoms with van der Waals surface area (Å²) in [6.45, 7) is 8.55. The Morgan fingerprint density at radius 2 is 1.86 bits per heavy atom. The molecule has 3 nitrogen and oxygen atoms in total. The van der Waals surface area contributed by atoms with Crippen LogP contribution in [0.25, 0.3) is 0 Å². The van der Waals surface area contributed by atoms with E-state index in [0.29, 0.717) is 0 Å².